The van der Waals surface area contributed by atoms with Gasteiger partial charge in [0.1, 0.15) is 0 Å². The van der Waals surface area contributed by atoms with Crippen molar-refractivity contribution in [3.63, 3.8) is 0 Å². The Balaban J connectivity index is 0.00000133. The third-order valence-corrected chi connectivity index (χ3v) is 3.54. The van der Waals surface area contributed by atoms with E-state index in [1.165, 1.54) is 10.8 Å². The van der Waals surface area contributed by atoms with Crippen molar-refractivity contribution in [3.05, 3.63) is 40.0 Å². The van der Waals surface area contributed by atoms with Crippen molar-refractivity contribution in [1.82, 2.24) is 4.98 Å². The number of rotatable bonds is 0. The summed E-state index contributed by atoms with van der Waals surface area (Å²) in [6.07, 6.45) is 13.3. The van der Waals surface area contributed by atoms with E-state index >= 15 is 0 Å². The second kappa shape index (κ2) is 4.51. The molecule has 1 aromatic rings. The van der Waals surface area contributed by atoms with Crippen LogP contribution >= 0.6 is 0 Å². The first-order valence-corrected chi connectivity index (χ1v) is 6.50. The van der Waals surface area contributed by atoms with Gasteiger partial charge in [0.05, 0.1) is 11.0 Å². The van der Waals surface area contributed by atoms with E-state index in [4.69, 9.17) is 4.98 Å². The minimum Gasteiger partial charge on any atom is -0.248 e. The molecular formula is C17H19LiN. The van der Waals surface area contributed by atoms with E-state index in [1.807, 2.05) is 0 Å². The summed E-state index contributed by atoms with van der Waals surface area (Å²) in [5, 5.41) is 2.36. The van der Waals surface area contributed by atoms with Gasteiger partial charge in [-0.3, -0.25) is 0 Å². The quantitative estimate of drug-likeness (QED) is 0.638. The Morgan fingerprint density at radius 2 is 1.53 bits per heavy atom. The molecule has 0 aliphatic heterocycles. The van der Waals surface area contributed by atoms with E-state index < -0.39 is 0 Å². The molecule has 1 heterocycles. The van der Waals surface area contributed by atoms with E-state index in [0.29, 0.717) is 0 Å². The van der Waals surface area contributed by atoms with Crippen LogP contribution in [0.2, 0.25) is 0 Å². The predicted octanol–water partition coefficient (Wildman–Crippen LogP) is 2.37. The van der Waals surface area contributed by atoms with Gasteiger partial charge in [0.25, 0.3) is 0 Å². The molecule has 1 aromatic heterocycles. The monoisotopic (exact) mass is 244 g/mol. The molecule has 19 heavy (non-hydrogen) atoms. The van der Waals surface area contributed by atoms with E-state index in [1.54, 1.807) is 0 Å². The average Bonchev–Trinajstić information content (AvgIpc) is 2.25. The molecule has 1 radical (unpaired) electrons. The second-order valence-electron chi connectivity index (χ2n) is 6.54. The first kappa shape index (κ1) is 14.4. The Morgan fingerprint density at radius 1 is 0.895 bits per heavy atom. The average molecular weight is 244 g/mol. The molecule has 0 aromatic carbocycles. The fourth-order valence-electron chi connectivity index (χ4n) is 2.52. The van der Waals surface area contributed by atoms with Crippen LogP contribution < -0.4 is 10.6 Å². The van der Waals surface area contributed by atoms with Crippen LogP contribution in [-0.2, 0) is 0 Å². The van der Waals surface area contributed by atoms with Crippen LogP contribution in [0, 0.1) is 10.8 Å². The van der Waals surface area contributed by atoms with Crippen molar-refractivity contribution in [2.75, 3.05) is 0 Å². The second-order valence-corrected chi connectivity index (χ2v) is 6.54. The van der Waals surface area contributed by atoms with Crippen LogP contribution in [0.5, 0.6) is 0 Å². The molecule has 0 fully saturated rings. The largest absolute Gasteiger partial charge is 0.248 e. The SMILES string of the molecule is CC1(C)C=Cc2nc3c(cc2=C1)C=CC(C)(C)C=3.[Li]. The summed E-state index contributed by atoms with van der Waals surface area (Å²) in [7, 11) is 0. The van der Waals surface area contributed by atoms with Gasteiger partial charge < -0.3 is 0 Å². The minimum atomic E-state index is 0. The molecule has 0 atom stereocenters. The Kier molecular flexibility index (Phi) is 3.41. The smallest absolute Gasteiger partial charge is 0.0703 e. The van der Waals surface area contributed by atoms with Gasteiger partial charge in [-0.25, -0.2) is 4.98 Å². The van der Waals surface area contributed by atoms with E-state index in [0.717, 1.165) is 11.0 Å². The van der Waals surface area contributed by atoms with Crippen LogP contribution in [0.1, 0.15) is 39.0 Å². The number of fused-ring (bicyclic) bond motifs is 2. The molecule has 0 amide bonds. The summed E-state index contributed by atoms with van der Waals surface area (Å²) in [6, 6.07) is 2.26. The molecule has 0 bridgehead atoms. The molecule has 0 unspecified atom stereocenters. The van der Waals surface area contributed by atoms with Crippen LogP contribution in [0.25, 0.3) is 24.3 Å². The van der Waals surface area contributed by atoms with E-state index in [9.17, 15) is 0 Å². The molecule has 1 nitrogen and oxygen atoms in total. The van der Waals surface area contributed by atoms with Gasteiger partial charge in [0, 0.05) is 35.3 Å². The number of aromatic nitrogens is 1. The molecule has 93 valence electrons. The zero-order chi connectivity index (χ0) is 13.0. The van der Waals surface area contributed by atoms with E-state index in [-0.39, 0.29) is 29.7 Å². The van der Waals surface area contributed by atoms with Crippen LogP contribution in [-0.4, -0.2) is 23.8 Å². The number of allylic oxidation sites excluding steroid dienone is 2. The van der Waals surface area contributed by atoms with Gasteiger partial charge in [0.2, 0.25) is 0 Å². The fraction of sp³-hybridized carbons (Fsp3) is 0.353. The summed E-state index contributed by atoms with van der Waals surface area (Å²) < 4.78 is 0. The number of pyridine rings is 1. The number of hydrogen-bond donors (Lipinski definition) is 0. The van der Waals surface area contributed by atoms with Crippen molar-refractivity contribution in [2.45, 2.75) is 27.7 Å². The fourth-order valence-corrected chi connectivity index (χ4v) is 2.52. The van der Waals surface area contributed by atoms with Gasteiger partial charge >= 0.3 is 0 Å². The van der Waals surface area contributed by atoms with Gasteiger partial charge in [0.15, 0.2) is 0 Å². The molecule has 3 rings (SSSR count). The van der Waals surface area contributed by atoms with Gasteiger partial charge in [-0.2, -0.15) is 0 Å². The third kappa shape index (κ3) is 2.78. The normalized spacial score (nSPS) is 20.4. The molecule has 0 N–H and O–H groups in total. The van der Waals surface area contributed by atoms with Crippen LogP contribution in [0.3, 0.4) is 0 Å². The Labute approximate surface area is 127 Å². The van der Waals surface area contributed by atoms with Crippen molar-refractivity contribution in [3.8, 4) is 0 Å². The molecule has 2 heteroatoms. The topological polar surface area (TPSA) is 12.9 Å². The maximum absolute atomic E-state index is 4.79. The predicted molar refractivity (Wildman–Crippen MR) is 83.8 cm³/mol. The van der Waals surface area contributed by atoms with Crippen molar-refractivity contribution in [2.24, 2.45) is 10.8 Å². The zero-order valence-electron chi connectivity index (χ0n) is 12.5. The summed E-state index contributed by atoms with van der Waals surface area (Å²) >= 11 is 0. The molecule has 0 saturated heterocycles. The third-order valence-electron chi connectivity index (χ3n) is 3.54. The summed E-state index contributed by atoms with van der Waals surface area (Å²) in [5.41, 5.74) is 2.56. The standard InChI is InChI=1S/C17H19N.Li/c1-16(2)8-6-14-13(10-16)9-12-5-7-17(3,4)11-15(12)18-14;/h5-11H,1-4H3;. The summed E-state index contributed by atoms with van der Waals surface area (Å²) in [6.45, 7) is 8.85. The van der Waals surface area contributed by atoms with Crippen LogP contribution in [0.15, 0.2) is 18.2 Å². The van der Waals surface area contributed by atoms with E-state index in [2.05, 4.69) is 70.2 Å². The van der Waals surface area contributed by atoms with Gasteiger partial charge in [-0.1, -0.05) is 52.0 Å². The molecule has 2 aliphatic carbocycles. The van der Waals surface area contributed by atoms with Crippen molar-refractivity contribution in [1.29, 1.82) is 0 Å². The maximum atomic E-state index is 4.79. The zero-order valence-corrected chi connectivity index (χ0v) is 12.5. The Morgan fingerprint density at radius 3 is 2.26 bits per heavy atom. The van der Waals surface area contributed by atoms with Crippen molar-refractivity contribution >= 4 is 43.2 Å². The molecule has 0 spiro atoms. The molecule has 2 aliphatic rings. The maximum Gasteiger partial charge on any atom is 0.0703 e. The number of nitrogens with zero attached hydrogens (tertiary/aromatic N) is 1. The molecular weight excluding hydrogens is 225 g/mol. The first-order valence-electron chi connectivity index (χ1n) is 6.50. The Bertz CT molecular complexity index is 629. The summed E-state index contributed by atoms with van der Waals surface area (Å²) in [4.78, 5) is 4.79. The van der Waals surface area contributed by atoms with Crippen LogP contribution in [0.4, 0.5) is 0 Å². The van der Waals surface area contributed by atoms with Crippen molar-refractivity contribution < 1.29 is 0 Å². The Hall–Kier alpha value is -1.03. The van der Waals surface area contributed by atoms with Gasteiger partial charge in [-0.15, -0.1) is 0 Å². The summed E-state index contributed by atoms with van der Waals surface area (Å²) in [5.74, 6) is 0. The van der Waals surface area contributed by atoms with Gasteiger partial charge in [-0.05, 0) is 23.4 Å². The first-order chi connectivity index (χ1) is 8.35. The number of hydrogen-bond acceptors (Lipinski definition) is 1. The minimum absolute atomic E-state index is 0. The molecule has 0 saturated carbocycles.